The van der Waals surface area contributed by atoms with Gasteiger partial charge in [0.2, 0.25) is 12.7 Å². The van der Waals surface area contributed by atoms with E-state index in [2.05, 4.69) is 26.1 Å². The van der Waals surface area contributed by atoms with Crippen molar-refractivity contribution in [2.45, 2.75) is 130 Å². The number of carbonyl (C=O) groups excluding carboxylic acids is 4. The van der Waals surface area contributed by atoms with Crippen molar-refractivity contribution in [2.24, 2.45) is 52.3 Å². The molecule has 4 fully saturated rings. The van der Waals surface area contributed by atoms with E-state index in [4.69, 9.17) is 23.3 Å². The fourth-order valence-corrected chi connectivity index (χ4v) is 14.4. The van der Waals surface area contributed by atoms with Crippen LogP contribution in [-0.2, 0) is 66.8 Å². The number of benzene rings is 3. The average molecular weight is 958 g/mol. The summed E-state index contributed by atoms with van der Waals surface area (Å²) in [7, 11) is -3.98. The van der Waals surface area contributed by atoms with Gasteiger partial charge in [-0.2, -0.15) is 0 Å². The molecule has 3 N–H and O–H groups in total. The van der Waals surface area contributed by atoms with E-state index in [1.54, 1.807) is 12.1 Å². The average Bonchev–Trinajstić information content (AvgIpc) is 3.72. The van der Waals surface area contributed by atoms with Crippen molar-refractivity contribution in [1.82, 2.24) is 5.32 Å². The van der Waals surface area contributed by atoms with Crippen molar-refractivity contribution in [3.63, 3.8) is 0 Å². The number of esters is 3. The van der Waals surface area contributed by atoms with Gasteiger partial charge in [0.1, 0.15) is 13.2 Å². The summed E-state index contributed by atoms with van der Waals surface area (Å²) in [4.78, 5) is 52.1. The third-order valence-corrected chi connectivity index (χ3v) is 18.4. The number of aliphatic hydroxyl groups is 2. The zero-order chi connectivity index (χ0) is 48.3. The number of ether oxygens (including phenoxy) is 3. The van der Waals surface area contributed by atoms with Gasteiger partial charge in [-0.25, -0.2) is 0 Å². The van der Waals surface area contributed by atoms with Gasteiger partial charge in [0.25, 0.3) is 0 Å². The van der Waals surface area contributed by atoms with Crippen molar-refractivity contribution in [1.29, 1.82) is 0 Å². The van der Waals surface area contributed by atoms with Crippen molar-refractivity contribution >= 4 is 31.4 Å². The van der Waals surface area contributed by atoms with E-state index in [0.29, 0.717) is 30.1 Å². The summed E-state index contributed by atoms with van der Waals surface area (Å²) in [5, 5.41) is 25.0. The van der Waals surface area contributed by atoms with Gasteiger partial charge in [-0.1, -0.05) is 112 Å². The molecule has 0 bridgehead atoms. The maximum atomic E-state index is 14.4. The number of rotatable bonds is 22. The summed E-state index contributed by atoms with van der Waals surface area (Å²) in [6.45, 7) is 5.70. The Labute approximate surface area is 401 Å². The van der Waals surface area contributed by atoms with Crippen LogP contribution < -0.4 is 5.32 Å². The van der Waals surface area contributed by atoms with Crippen LogP contribution in [0.3, 0.4) is 0 Å². The summed E-state index contributed by atoms with van der Waals surface area (Å²) in [5.41, 5.74) is 2.22. The summed E-state index contributed by atoms with van der Waals surface area (Å²) < 4.78 is 42.2. The van der Waals surface area contributed by atoms with Crippen LogP contribution in [0.5, 0.6) is 0 Å². The first-order valence-corrected chi connectivity index (χ1v) is 26.5. The van der Waals surface area contributed by atoms with Crippen LogP contribution in [0.1, 0.15) is 115 Å². The monoisotopic (exact) mass is 957 g/mol. The minimum absolute atomic E-state index is 0.0357. The Morgan fingerprint density at radius 1 is 0.706 bits per heavy atom. The smallest absolute Gasteiger partial charge is 0.332 e. The molecular weight excluding hydrogens is 886 g/mol. The predicted molar refractivity (Wildman–Crippen MR) is 255 cm³/mol. The Kier molecular flexibility index (Phi) is 17.8. The molecule has 7 rings (SSSR count). The molecule has 4 aliphatic carbocycles. The van der Waals surface area contributed by atoms with Gasteiger partial charge in [-0.05, 0) is 127 Å². The molecule has 370 valence electrons. The number of fused-ring (bicyclic) bond motifs is 5. The van der Waals surface area contributed by atoms with Crippen molar-refractivity contribution in [3.8, 4) is 0 Å². The lowest BCUT2D eigenvalue weighted by Crippen LogP contribution is -2.58. The number of aliphatic hydroxyl groups excluding tert-OH is 2. The molecular formula is C54H72NO12P. The Morgan fingerprint density at radius 3 is 1.94 bits per heavy atom. The highest BCUT2D eigenvalue weighted by atomic mass is 31.2. The third kappa shape index (κ3) is 12.9. The zero-order valence-corrected chi connectivity index (χ0v) is 40.9. The SMILES string of the molecule is C[C@H](CCC(=O)NCC(=O)OCOC(=O)CCC(CP(=O)(OCc1ccccc1)OCc1ccccc1)C(=O)OCc1ccccc1)C1CCC2C3CCC4C[C@H](O)CC[C@]4(C)C3C[C@H](O)[C@@]21C. The number of nitrogens with one attached hydrogen (secondary N) is 1. The van der Waals surface area contributed by atoms with Gasteiger partial charge in [0, 0.05) is 12.8 Å². The van der Waals surface area contributed by atoms with Crippen LogP contribution in [0.4, 0.5) is 0 Å². The summed E-state index contributed by atoms with van der Waals surface area (Å²) in [5.74, 6) is -1.09. The van der Waals surface area contributed by atoms with Crippen molar-refractivity contribution in [2.75, 3.05) is 19.5 Å². The molecule has 0 radical (unpaired) electrons. The molecule has 68 heavy (non-hydrogen) atoms. The molecule has 0 aliphatic heterocycles. The van der Waals surface area contributed by atoms with Crippen LogP contribution in [-0.4, -0.2) is 65.7 Å². The maximum absolute atomic E-state index is 14.4. The van der Waals surface area contributed by atoms with Crippen LogP contribution in [0, 0.1) is 52.3 Å². The summed E-state index contributed by atoms with van der Waals surface area (Å²) in [6, 6.07) is 27.4. The highest BCUT2D eigenvalue weighted by Gasteiger charge is 2.63. The van der Waals surface area contributed by atoms with Gasteiger partial charge >= 0.3 is 25.5 Å². The van der Waals surface area contributed by atoms with E-state index in [-0.39, 0.29) is 79.9 Å². The van der Waals surface area contributed by atoms with Crippen molar-refractivity contribution < 1.29 is 57.2 Å². The number of hydrogen-bond donors (Lipinski definition) is 3. The van der Waals surface area contributed by atoms with E-state index in [1.165, 1.54) is 0 Å². The highest BCUT2D eigenvalue weighted by molar-refractivity contribution is 7.53. The van der Waals surface area contributed by atoms with Gasteiger partial charge in [0.05, 0.1) is 37.5 Å². The molecule has 4 saturated carbocycles. The van der Waals surface area contributed by atoms with E-state index >= 15 is 0 Å². The first kappa shape index (κ1) is 51.5. The molecule has 0 heterocycles. The van der Waals surface area contributed by atoms with E-state index < -0.39 is 50.9 Å². The van der Waals surface area contributed by atoms with Gasteiger partial charge in [0.15, 0.2) is 0 Å². The van der Waals surface area contributed by atoms with E-state index in [1.807, 2.05) is 78.9 Å². The molecule has 6 unspecified atom stereocenters. The number of amides is 1. The molecule has 14 heteroatoms. The van der Waals surface area contributed by atoms with E-state index in [9.17, 15) is 34.0 Å². The lowest BCUT2D eigenvalue weighted by molar-refractivity contribution is -0.175. The summed E-state index contributed by atoms with van der Waals surface area (Å²) >= 11 is 0. The molecule has 0 spiro atoms. The lowest BCUT2D eigenvalue weighted by atomic mass is 9.43. The standard InChI is InChI=1S/C54H72NO12P/c1-37(45-23-24-46-44-22-21-42-29-43(56)27-28-53(42,2)47(44)30-48(57)54(45,46)3)19-25-49(58)55-31-51(60)65-36-64-50(59)26-20-41(52(61)63-32-38-13-7-4-8-14-38)35-68(62,66-33-39-15-9-5-10-16-39)67-34-40-17-11-6-12-18-40/h4-18,37,41-48,56-57H,19-36H2,1-3H3,(H,55,58)/t37-,41?,42?,43-,44?,45?,46?,47?,48+,53+,54-/m1/s1. The van der Waals surface area contributed by atoms with Gasteiger partial charge < -0.3 is 38.8 Å². The minimum atomic E-state index is -3.98. The molecule has 11 atom stereocenters. The summed E-state index contributed by atoms with van der Waals surface area (Å²) in [6.07, 6.45) is 7.49. The minimum Gasteiger partial charge on any atom is -0.461 e. The Balaban J connectivity index is 0.857. The zero-order valence-electron chi connectivity index (χ0n) is 40.0. The second-order valence-electron chi connectivity index (χ2n) is 20.5. The molecule has 0 aromatic heterocycles. The highest BCUT2D eigenvalue weighted by Crippen LogP contribution is 2.68. The fraction of sp³-hybridized carbons (Fsp3) is 0.593. The van der Waals surface area contributed by atoms with Crippen molar-refractivity contribution in [3.05, 3.63) is 108 Å². The first-order valence-electron chi connectivity index (χ1n) is 24.8. The molecule has 13 nitrogen and oxygen atoms in total. The van der Waals surface area contributed by atoms with Gasteiger partial charge in [-0.3, -0.25) is 23.7 Å². The molecule has 3 aromatic rings. The van der Waals surface area contributed by atoms with Crippen LogP contribution >= 0.6 is 7.60 Å². The first-order chi connectivity index (χ1) is 32.7. The largest absolute Gasteiger partial charge is 0.461 e. The van der Waals surface area contributed by atoms with Crippen LogP contribution in [0.25, 0.3) is 0 Å². The van der Waals surface area contributed by atoms with Crippen LogP contribution in [0.2, 0.25) is 0 Å². The Hall–Kier alpha value is -4.39. The topological polar surface area (TPSA) is 184 Å². The fourth-order valence-electron chi connectivity index (χ4n) is 12.6. The quantitative estimate of drug-likeness (QED) is 0.0494. The molecule has 1 amide bonds. The predicted octanol–water partition coefficient (Wildman–Crippen LogP) is 9.32. The number of hydrogen-bond acceptors (Lipinski definition) is 12. The maximum Gasteiger partial charge on any atom is 0.332 e. The Bertz CT molecular complexity index is 2130. The molecule has 3 aromatic carbocycles. The Morgan fingerprint density at radius 2 is 1.31 bits per heavy atom. The second kappa shape index (κ2) is 23.5. The second-order valence-corrected chi connectivity index (χ2v) is 22.6. The van der Waals surface area contributed by atoms with E-state index in [0.717, 1.165) is 68.1 Å². The third-order valence-electron chi connectivity index (χ3n) is 16.4. The lowest BCUT2D eigenvalue weighted by Gasteiger charge is -2.62. The number of carbonyl (C=O) groups is 4. The molecule has 4 aliphatic rings. The van der Waals surface area contributed by atoms with Gasteiger partial charge in [-0.15, -0.1) is 0 Å². The normalized spacial score (nSPS) is 28.5. The molecule has 0 saturated heterocycles. The van der Waals surface area contributed by atoms with Crippen LogP contribution in [0.15, 0.2) is 91.0 Å².